The monoisotopic (exact) mass is 332 g/mol. The summed E-state index contributed by atoms with van der Waals surface area (Å²) in [5, 5.41) is 1.00. The van der Waals surface area contributed by atoms with Crippen molar-refractivity contribution in [2.45, 2.75) is 26.3 Å². The van der Waals surface area contributed by atoms with Gasteiger partial charge in [0.25, 0.3) is 11.8 Å². The zero-order chi connectivity index (χ0) is 17.9. The number of hydrogen-bond acceptors (Lipinski definition) is 2. The Morgan fingerprint density at radius 3 is 1.79 bits per heavy atom. The van der Waals surface area contributed by atoms with Gasteiger partial charge in [-0.05, 0) is 45.0 Å². The van der Waals surface area contributed by atoms with E-state index in [1.165, 1.54) is 36.4 Å². The number of halogens is 2. The Bertz CT molecular complexity index is 770. The van der Waals surface area contributed by atoms with E-state index in [2.05, 4.69) is 5.43 Å². The molecule has 0 spiro atoms. The largest absolute Gasteiger partial charge is 0.275 e. The molecule has 0 aromatic heterocycles. The molecule has 2 aromatic carbocycles. The van der Waals surface area contributed by atoms with Crippen molar-refractivity contribution in [3.8, 4) is 0 Å². The van der Waals surface area contributed by atoms with Gasteiger partial charge in [-0.25, -0.2) is 13.8 Å². The highest BCUT2D eigenvalue weighted by atomic mass is 19.1. The topological polar surface area (TPSA) is 49.4 Å². The van der Waals surface area contributed by atoms with Gasteiger partial charge in [-0.3, -0.25) is 15.0 Å². The number of hydrogen-bond donors (Lipinski definition) is 1. The standard InChI is InChI=1S/C18H18F2N2O2/c1-18(2,3)22(17(24)13-9-5-7-11-15(13)20)21-16(23)12-8-4-6-10-14(12)19/h4-11H,1-3H3,(H,21,23). The van der Waals surface area contributed by atoms with Crippen molar-refractivity contribution in [2.75, 3.05) is 0 Å². The summed E-state index contributed by atoms with van der Waals surface area (Å²) in [4.78, 5) is 24.9. The van der Waals surface area contributed by atoms with E-state index in [1.54, 1.807) is 20.8 Å². The first-order chi connectivity index (χ1) is 11.2. The number of carbonyl (C=O) groups is 2. The molecule has 0 aliphatic heterocycles. The summed E-state index contributed by atoms with van der Waals surface area (Å²) in [5.41, 5.74) is 1.15. The Labute approximate surface area is 139 Å². The van der Waals surface area contributed by atoms with Crippen molar-refractivity contribution in [3.63, 3.8) is 0 Å². The molecule has 0 saturated heterocycles. The second-order valence-electron chi connectivity index (χ2n) is 6.21. The summed E-state index contributed by atoms with van der Waals surface area (Å²) >= 11 is 0. The van der Waals surface area contributed by atoms with Crippen LogP contribution in [-0.2, 0) is 0 Å². The molecule has 1 N–H and O–H groups in total. The first kappa shape index (κ1) is 17.6. The Hall–Kier alpha value is -2.76. The van der Waals surface area contributed by atoms with Gasteiger partial charge in [-0.15, -0.1) is 0 Å². The smallest absolute Gasteiger partial charge is 0.267 e. The number of rotatable bonds is 2. The van der Waals surface area contributed by atoms with Crippen LogP contribution in [0.1, 0.15) is 41.5 Å². The van der Waals surface area contributed by atoms with Gasteiger partial charge in [-0.2, -0.15) is 0 Å². The Balaban J connectivity index is 2.34. The summed E-state index contributed by atoms with van der Waals surface area (Å²) < 4.78 is 27.6. The molecule has 0 radical (unpaired) electrons. The van der Waals surface area contributed by atoms with Gasteiger partial charge in [0.15, 0.2) is 0 Å². The lowest BCUT2D eigenvalue weighted by Crippen LogP contribution is -2.56. The maximum Gasteiger partial charge on any atom is 0.275 e. The predicted octanol–water partition coefficient (Wildman–Crippen LogP) is 3.55. The summed E-state index contributed by atoms with van der Waals surface area (Å²) in [6.07, 6.45) is 0. The lowest BCUT2D eigenvalue weighted by atomic mass is 10.1. The summed E-state index contributed by atoms with van der Waals surface area (Å²) in [6.45, 7) is 5.02. The number of hydrazine groups is 1. The minimum absolute atomic E-state index is 0.179. The molecule has 24 heavy (non-hydrogen) atoms. The average molecular weight is 332 g/mol. The third-order valence-electron chi connectivity index (χ3n) is 3.31. The molecule has 0 fully saturated rings. The fourth-order valence-corrected chi connectivity index (χ4v) is 2.09. The maximum absolute atomic E-state index is 13.9. The van der Waals surface area contributed by atoms with Crippen LogP contribution < -0.4 is 5.43 Å². The van der Waals surface area contributed by atoms with Crippen LogP contribution in [0.4, 0.5) is 8.78 Å². The quantitative estimate of drug-likeness (QED) is 0.855. The molecular weight excluding hydrogens is 314 g/mol. The van der Waals surface area contributed by atoms with Crippen LogP contribution in [0, 0.1) is 11.6 Å². The zero-order valence-corrected chi connectivity index (χ0v) is 13.6. The molecule has 0 unspecified atom stereocenters. The van der Waals surface area contributed by atoms with E-state index in [0.717, 1.165) is 17.1 Å². The van der Waals surface area contributed by atoms with Crippen LogP contribution >= 0.6 is 0 Å². The van der Waals surface area contributed by atoms with Gasteiger partial charge in [0, 0.05) is 0 Å². The predicted molar refractivity (Wildman–Crippen MR) is 86.2 cm³/mol. The summed E-state index contributed by atoms with van der Waals surface area (Å²) in [7, 11) is 0. The molecule has 4 nitrogen and oxygen atoms in total. The molecular formula is C18H18F2N2O2. The summed E-state index contributed by atoms with van der Waals surface area (Å²) in [6, 6.07) is 10.9. The lowest BCUT2D eigenvalue weighted by Gasteiger charge is -2.35. The van der Waals surface area contributed by atoms with E-state index in [9.17, 15) is 18.4 Å². The second kappa shape index (κ2) is 6.78. The number of nitrogens with zero attached hydrogens (tertiary/aromatic N) is 1. The lowest BCUT2D eigenvalue weighted by molar-refractivity contribution is 0.0353. The summed E-state index contributed by atoms with van der Waals surface area (Å²) in [5.74, 6) is -2.91. The van der Waals surface area contributed by atoms with Crippen molar-refractivity contribution >= 4 is 11.8 Å². The highest BCUT2D eigenvalue weighted by Crippen LogP contribution is 2.18. The zero-order valence-electron chi connectivity index (χ0n) is 13.6. The molecule has 0 saturated carbocycles. The Kier molecular flexibility index (Phi) is 4.97. The SMILES string of the molecule is CC(C)(C)N(NC(=O)c1ccccc1F)C(=O)c1ccccc1F. The van der Waals surface area contributed by atoms with E-state index in [1.807, 2.05) is 0 Å². The highest BCUT2D eigenvalue weighted by Gasteiger charge is 2.31. The van der Waals surface area contributed by atoms with E-state index in [0.29, 0.717) is 0 Å². The van der Waals surface area contributed by atoms with Crippen LogP contribution in [0.15, 0.2) is 48.5 Å². The van der Waals surface area contributed by atoms with Gasteiger partial charge in [-0.1, -0.05) is 24.3 Å². The minimum Gasteiger partial charge on any atom is -0.267 e. The van der Waals surface area contributed by atoms with Gasteiger partial charge in [0.05, 0.1) is 16.7 Å². The van der Waals surface area contributed by atoms with Gasteiger partial charge >= 0.3 is 0 Å². The number of benzene rings is 2. The van der Waals surface area contributed by atoms with E-state index in [4.69, 9.17) is 0 Å². The van der Waals surface area contributed by atoms with E-state index < -0.39 is 29.0 Å². The number of carbonyl (C=O) groups excluding carboxylic acids is 2. The van der Waals surface area contributed by atoms with Gasteiger partial charge in [0.1, 0.15) is 11.6 Å². The minimum atomic E-state index is -0.847. The number of nitrogens with one attached hydrogen (secondary N) is 1. The van der Waals surface area contributed by atoms with Crippen LogP contribution in [0.3, 0.4) is 0 Å². The van der Waals surface area contributed by atoms with Crippen molar-refractivity contribution in [3.05, 3.63) is 71.3 Å². The fourth-order valence-electron chi connectivity index (χ4n) is 2.09. The number of amides is 2. The fraction of sp³-hybridized carbons (Fsp3) is 0.222. The van der Waals surface area contributed by atoms with Crippen molar-refractivity contribution in [2.24, 2.45) is 0 Å². The molecule has 126 valence electrons. The first-order valence-corrected chi connectivity index (χ1v) is 7.36. The van der Waals surface area contributed by atoms with Crippen molar-refractivity contribution in [1.29, 1.82) is 0 Å². The van der Waals surface area contributed by atoms with Gasteiger partial charge < -0.3 is 0 Å². The Morgan fingerprint density at radius 2 is 1.33 bits per heavy atom. The molecule has 6 heteroatoms. The maximum atomic E-state index is 13.9. The Morgan fingerprint density at radius 1 is 0.875 bits per heavy atom. The first-order valence-electron chi connectivity index (χ1n) is 7.36. The molecule has 2 aromatic rings. The second-order valence-corrected chi connectivity index (χ2v) is 6.21. The third kappa shape index (κ3) is 3.76. The molecule has 0 bridgehead atoms. The van der Waals surface area contributed by atoms with Crippen LogP contribution in [-0.4, -0.2) is 22.4 Å². The highest BCUT2D eigenvalue weighted by molar-refractivity contribution is 5.99. The van der Waals surface area contributed by atoms with E-state index in [-0.39, 0.29) is 11.1 Å². The molecule has 2 amide bonds. The van der Waals surface area contributed by atoms with Crippen LogP contribution in [0.5, 0.6) is 0 Å². The average Bonchev–Trinajstić information content (AvgIpc) is 2.51. The normalized spacial score (nSPS) is 11.0. The molecule has 2 rings (SSSR count). The van der Waals surface area contributed by atoms with Crippen LogP contribution in [0.25, 0.3) is 0 Å². The molecule has 0 aliphatic carbocycles. The third-order valence-corrected chi connectivity index (χ3v) is 3.31. The molecule has 0 atom stereocenters. The van der Waals surface area contributed by atoms with E-state index >= 15 is 0 Å². The molecule has 0 aliphatic rings. The van der Waals surface area contributed by atoms with Crippen LogP contribution in [0.2, 0.25) is 0 Å². The van der Waals surface area contributed by atoms with Gasteiger partial charge in [0.2, 0.25) is 0 Å². The van der Waals surface area contributed by atoms with Crippen molar-refractivity contribution in [1.82, 2.24) is 10.4 Å². The molecule has 0 heterocycles. The van der Waals surface area contributed by atoms with Crippen molar-refractivity contribution < 1.29 is 18.4 Å².